The highest BCUT2D eigenvalue weighted by Gasteiger charge is 2.13. The van der Waals surface area contributed by atoms with Crippen LogP contribution in [0.15, 0.2) is 66.7 Å². The second-order valence-corrected chi connectivity index (χ2v) is 7.22. The van der Waals surface area contributed by atoms with Gasteiger partial charge in [-0.1, -0.05) is 35.5 Å². The smallest absolute Gasteiger partial charge is 0.255 e. The summed E-state index contributed by atoms with van der Waals surface area (Å²) in [5.74, 6) is -0.0873. The number of aryl methyl sites for hydroxylation is 2. The zero-order valence-corrected chi connectivity index (χ0v) is 15.4. The van der Waals surface area contributed by atoms with Crippen molar-refractivity contribution in [3.8, 4) is 0 Å². The van der Waals surface area contributed by atoms with Crippen LogP contribution in [0.1, 0.15) is 33.5 Å². The number of carbonyl (C=O) groups excluding carboxylic acids is 1. The van der Waals surface area contributed by atoms with E-state index < -0.39 is 0 Å². The predicted molar refractivity (Wildman–Crippen MR) is 109 cm³/mol. The zero-order chi connectivity index (χ0) is 18.9. The van der Waals surface area contributed by atoms with Crippen molar-refractivity contribution in [2.45, 2.75) is 25.8 Å². The third kappa shape index (κ3) is 3.16. The van der Waals surface area contributed by atoms with Gasteiger partial charge in [0.2, 0.25) is 0 Å². The lowest BCUT2D eigenvalue weighted by atomic mass is 10.1. The van der Waals surface area contributed by atoms with Crippen molar-refractivity contribution < 1.29 is 4.79 Å². The Bertz CT molecular complexity index is 1160. The van der Waals surface area contributed by atoms with Crippen LogP contribution < -0.4 is 5.32 Å². The van der Waals surface area contributed by atoms with E-state index in [0.717, 1.165) is 35.1 Å². The Balaban J connectivity index is 1.30. The van der Waals surface area contributed by atoms with Gasteiger partial charge in [-0.15, -0.1) is 5.10 Å². The fraction of sp³-hybridized carbons (Fsp3) is 0.174. The quantitative estimate of drug-likeness (QED) is 0.587. The summed E-state index contributed by atoms with van der Waals surface area (Å²) in [6, 6.07) is 21.8. The maximum absolute atomic E-state index is 12.6. The summed E-state index contributed by atoms with van der Waals surface area (Å²) >= 11 is 0. The van der Waals surface area contributed by atoms with Crippen molar-refractivity contribution in [3.05, 3.63) is 89.0 Å². The van der Waals surface area contributed by atoms with Crippen LogP contribution in [-0.4, -0.2) is 20.9 Å². The van der Waals surface area contributed by atoms with Crippen LogP contribution >= 0.6 is 0 Å². The molecule has 0 spiro atoms. The number of hydrogen-bond donors (Lipinski definition) is 1. The summed E-state index contributed by atoms with van der Waals surface area (Å²) in [5.41, 5.74) is 7.23. The number of nitrogens with one attached hydrogen (secondary N) is 1. The number of carbonyl (C=O) groups is 1. The number of nitrogens with zero attached hydrogens (tertiary/aromatic N) is 3. The minimum Gasteiger partial charge on any atom is -0.322 e. The van der Waals surface area contributed by atoms with E-state index in [4.69, 9.17) is 0 Å². The molecule has 0 saturated carbocycles. The van der Waals surface area contributed by atoms with Gasteiger partial charge in [-0.2, -0.15) is 0 Å². The highest BCUT2D eigenvalue weighted by atomic mass is 16.1. The van der Waals surface area contributed by atoms with Crippen LogP contribution in [-0.2, 0) is 19.4 Å². The Morgan fingerprint density at radius 2 is 1.79 bits per heavy atom. The molecule has 138 valence electrons. The molecule has 5 heteroatoms. The van der Waals surface area contributed by atoms with E-state index >= 15 is 0 Å². The molecule has 1 amide bonds. The van der Waals surface area contributed by atoms with E-state index in [-0.39, 0.29) is 5.91 Å². The molecule has 28 heavy (non-hydrogen) atoms. The van der Waals surface area contributed by atoms with Crippen molar-refractivity contribution in [2.24, 2.45) is 0 Å². The molecule has 5 nitrogen and oxygen atoms in total. The molecule has 0 bridgehead atoms. The second-order valence-electron chi connectivity index (χ2n) is 7.22. The average Bonchev–Trinajstić information content (AvgIpc) is 3.35. The molecule has 4 aromatic rings. The third-order valence-electron chi connectivity index (χ3n) is 5.33. The molecule has 0 fully saturated rings. The van der Waals surface area contributed by atoms with Crippen molar-refractivity contribution in [3.63, 3.8) is 0 Å². The molecule has 1 heterocycles. The number of anilines is 1. The van der Waals surface area contributed by atoms with Crippen molar-refractivity contribution in [2.75, 3.05) is 5.32 Å². The molecule has 1 aliphatic carbocycles. The first-order valence-electron chi connectivity index (χ1n) is 9.56. The van der Waals surface area contributed by atoms with E-state index in [1.165, 1.54) is 17.5 Å². The molecular formula is C23H20N4O. The molecule has 1 aromatic heterocycles. The first kappa shape index (κ1) is 16.7. The number of hydrogen-bond acceptors (Lipinski definition) is 3. The van der Waals surface area contributed by atoms with E-state index in [1.54, 1.807) is 0 Å². The van der Waals surface area contributed by atoms with Crippen LogP contribution in [0, 0.1) is 0 Å². The number of fused-ring (bicyclic) bond motifs is 2. The summed E-state index contributed by atoms with van der Waals surface area (Å²) in [6.07, 6.45) is 3.45. The van der Waals surface area contributed by atoms with Gasteiger partial charge in [-0.25, -0.2) is 4.68 Å². The standard InChI is InChI=1S/C23H20N4O/c28-23(24-20-13-12-17-4-3-5-19(17)14-20)18-10-8-16(9-11-18)15-27-22-7-2-1-6-21(22)25-26-27/h1-2,6-14H,3-5,15H2,(H,24,28). The van der Waals surface area contributed by atoms with Crippen LogP contribution in [0.2, 0.25) is 0 Å². The number of para-hydroxylation sites is 1. The van der Waals surface area contributed by atoms with Crippen molar-refractivity contribution >= 4 is 22.6 Å². The number of benzene rings is 3. The number of rotatable bonds is 4. The Morgan fingerprint density at radius 1 is 0.964 bits per heavy atom. The minimum absolute atomic E-state index is 0.0873. The Hall–Kier alpha value is -3.47. The number of aromatic nitrogens is 3. The maximum atomic E-state index is 12.6. The van der Waals surface area contributed by atoms with Crippen molar-refractivity contribution in [1.82, 2.24) is 15.0 Å². The molecule has 0 saturated heterocycles. The monoisotopic (exact) mass is 368 g/mol. The Morgan fingerprint density at radius 3 is 2.68 bits per heavy atom. The molecule has 0 aliphatic heterocycles. The summed E-state index contributed by atoms with van der Waals surface area (Å²) in [5, 5.41) is 11.4. The van der Waals surface area contributed by atoms with Gasteiger partial charge in [0.25, 0.3) is 5.91 Å². The normalized spacial score (nSPS) is 12.9. The first-order valence-corrected chi connectivity index (χ1v) is 9.56. The van der Waals surface area contributed by atoms with Crippen LogP contribution in [0.3, 0.4) is 0 Å². The Kier molecular flexibility index (Phi) is 4.13. The second kappa shape index (κ2) is 6.93. The molecule has 1 N–H and O–H groups in total. The predicted octanol–water partition coefficient (Wildman–Crippen LogP) is 4.22. The van der Waals surface area contributed by atoms with Crippen LogP contribution in [0.4, 0.5) is 5.69 Å². The third-order valence-corrected chi connectivity index (χ3v) is 5.33. The molecule has 0 atom stereocenters. The number of amides is 1. The van der Waals surface area contributed by atoms with Gasteiger partial charge in [0.1, 0.15) is 5.52 Å². The molecule has 0 unspecified atom stereocenters. The largest absolute Gasteiger partial charge is 0.322 e. The highest BCUT2D eigenvalue weighted by molar-refractivity contribution is 6.04. The summed E-state index contributed by atoms with van der Waals surface area (Å²) < 4.78 is 1.87. The lowest BCUT2D eigenvalue weighted by Crippen LogP contribution is -2.12. The SMILES string of the molecule is O=C(Nc1ccc2c(c1)CCC2)c1ccc(Cn2nnc3ccccc32)cc1. The zero-order valence-electron chi connectivity index (χ0n) is 15.4. The topological polar surface area (TPSA) is 59.8 Å². The van der Waals surface area contributed by atoms with Crippen molar-refractivity contribution in [1.29, 1.82) is 0 Å². The fourth-order valence-electron chi connectivity index (χ4n) is 3.82. The lowest BCUT2D eigenvalue weighted by Gasteiger charge is -2.08. The summed E-state index contributed by atoms with van der Waals surface area (Å²) in [4.78, 5) is 12.6. The summed E-state index contributed by atoms with van der Waals surface area (Å²) in [7, 11) is 0. The van der Waals surface area contributed by atoms with E-state index in [9.17, 15) is 4.79 Å². The molecule has 5 rings (SSSR count). The average molecular weight is 368 g/mol. The summed E-state index contributed by atoms with van der Waals surface area (Å²) in [6.45, 7) is 0.618. The van der Waals surface area contributed by atoms with Crippen LogP contribution in [0.25, 0.3) is 11.0 Å². The molecular weight excluding hydrogens is 348 g/mol. The van der Waals surface area contributed by atoms with Gasteiger partial charge >= 0.3 is 0 Å². The van der Waals surface area contributed by atoms with Gasteiger partial charge in [0, 0.05) is 11.3 Å². The molecule has 3 aromatic carbocycles. The molecule has 1 aliphatic rings. The van der Waals surface area contributed by atoms with Gasteiger partial charge in [0.15, 0.2) is 0 Å². The Labute approximate surface area is 163 Å². The van der Waals surface area contributed by atoms with Gasteiger partial charge in [0.05, 0.1) is 12.1 Å². The van der Waals surface area contributed by atoms with E-state index in [2.05, 4.69) is 27.8 Å². The highest BCUT2D eigenvalue weighted by Crippen LogP contribution is 2.25. The molecule has 0 radical (unpaired) electrons. The van der Waals surface area contributed by atoms with Gasteiger partial charge < -0.3 is 5.32 Å². The van der Waals surface area contributed by atoms with Gasteiger partial charge in [-0.05, 0) is 72.4 Å². The fourth-order valence-corrected chi connectivity index (χ4v) is 3.82. The van der Waals surface area contributed by atoms with Gasteiger partial charge in [-0.3, -0.25) is 4.79 Å². The van der Waals surface area contributed by atoms with Crippen LogP contribution in [0.5, 0.6) is 0 Å². The minimum atomic E-state index is -0.0873. The van der Waals surface area contributed by atoms with E-state index in [0.29, 0.717) is 12.1 Å². The lowest BCUT2D eigenvalue weighted by molar-refractivity contribution is 0.102. The first-order chi connectivity index (χ1) is 13.8. The maximum Gasteiger partial charge on any atom is 0.255 e. The van der Waals surface area contributed by atoms with E-state index in [1.807, 2.05) is 59.3 Å².